The third-order valence-corrected chi connectivity index (χ3v) is 10.7. The van der Waals surface area contributed by atoms with Gasteiger partial charge in [-0.3, -0.25) is 4.52 Å². The van der Waals surface area contributed by atoms with Gasteiger partial charge in [0.1, 0.15) is 0 Å². The van der Waals surface area contributed by atoms with Crippen molar-refractivity contribution in [1.29, 1.82) is 0 Å². The fraction of sp³-hybridized carbons (Fsp3) is 0.923. The number of hydrogen-bond donors (Lipinski definition) is 2. The first-order chi connectivity index (χ1) is 14.5. The summed E-state index contributed by atoms with van der Waals surface area (Å²) in [5.41, 5.74) is 2.15. The maximum absolute atomic E-state index is 11.3. The maximum Gasteiger partial charge on any atom is 0.469 e. The largest absolute Gasteiger partial charge is 0.469 e. The monoisotopic (exact) mass is 452 g/mol. The van der Waals surface area contributed by atoms with Gasteiger partial charge >= 0.3 is 7.82 Å². The number of fused-ring (bicyclic) bond motifs is 5. The topological polar surface area (TPSA) is 66.8 Å². The molecule has 178 valence electrons. The van der Waals surface area contributed by atoms with Crippen LogP contribution in [0.3, 0.4) is 0 Å². The lowest BCUT2D eigenvalue weighted by atomic mass is 9.47. The minimum absolute atomic E-state index is 0.203. The van der Waals surface area contributed by atoms with Crippen molar-refractivity contribution in [3.8, 4) is 0 Å². The van der Waals surface area contributed by atoms with E-state index >= 15 is 0 Å². The highest BCUT2D eigenvalue weighted by Crippen LogP contribution is 2.67. The van der Waals surface area contributed by atoms with Gasteiger partial charge in [0.15, 0.2) is 0 Å². The van der Waals surface area contributed by atoms with Crippen molar-refractivity contribution in [3.63, 3.8) is 0 Å². The third-order valence-electron chi connectivity index (χ3n) is 10.1. The van der Waals surface area contributed by atoms with E-state index in [0.29, 0.717) is 11.8 Å². The average Bonchev–Trinajstić information content (AvgIpc) is 3.00. The first kappa shape index (κ1) is 24.0. The van der Waals surface area contributed by atoms with Gasteiger partial charge in [-0.15, -0.1) is 0 Å². The molecule has 4 aliphatic carbocycles. The van der Waals surface area contributed by atoms with Crippen LogP contribution in [0.15, 0.2) is 11.6 Å². The summed E-state index contributed by atoms with van der Waals surface area (Å²) in [6, 6.07) is 0. The SMILES string of the molecule is CC(C)CCCC[C@H]1CCC2C3CC=C4CC(OP(=O)(O)O)CCC4(C)C3CCC21C. The van der Waals surface area contributed by atoms with Crippen LogP contribution in [0.25, 0.3) is 0 Å². The Bertz CT molecular complexity index is 727. The Morgan fingerprint density at radius 3 is 2.58 bits per heavy atom. The summed E-state index contributed by atoms with van der Waals surface area (Å²) >= 11 is 0. The second kappa shape index (κ2) is 8.90. The summed E-state index contributed by atoms with van der Waals surface area (Å²) in [5.74, 6) is 4.14. The molecule has 0 aromatic heterocycles. The van der Waals surface area contributed by atoms with Crippen molar-refractivity contribution < 1.29 is 18.9 Å². The summed E-state index contributed by atoms with van der Waals surface area (Å²) in [6.45, 7) is 9.75. The molecule has 3 saturated carbocycles. The van der Waals surface area contributed by atoms with E-state index in [1.807, 2.05) is 0 Å². The Kier molecular flexibility index (Phi) is 6.88. The first-order valence-corrected chi connectivity index (χ1v) is 14.5. The van der Waals surface area contributed by atoms with Gasteiger partial charge < -0.3 is 9.79 Å². The van der Waals surface area contributed by atoms with E-state index in [2.05, 4.69) is 33.8 Å². The molecule has 0 aliphatic heterocycles. The minimum atomic E-state index is -4.41. The molecule has 7 atom stereocenters. The number of phosphoric acid groups is 1. The normalized spacial score (nSPS) is 42.7. The van der Waals surface area contributed by atoms with Crippen molar-refractivity contribution >= 4 is 7.82 Å². The summed E-state index contributed by atoms with van der Waals surface area (Å²) in [7, 11) is -4.41. The van der Waals surface area contributed by atoms with Gasteiger partial charge in [0.25, 0.3) is 0 Å². The van der Waals surface area contributed by atoms with Crippen molar-refractivity contribution in [2.24, 2.45) is 40.4 Å². The Balaban J connectivity index is 1.44. The quantitative estimate of drug-likeness (QED) is 0.242. The number of hydrogen-bond acceptors (Lipinski definition) is 2. The van der Waals surface area contributed by atoms with Crippen LogP contribution in [0.4, 0.5) is 0 Å². The second-order valence-electron chi connectivity index (χ2n) is 12.2. The van der Waals surface area contributed by atoms with Crippen LogP contribution >= 0.6 is 7.82 Å². The smallest absolute Gasteiger partial charge is 0.303 e. The molecule has 0 radical (unpaired) electrons. The molecule has 0 spiro atoms. The van der Waals surface area contributed by atoms with Crippen LogP contribution in [0.2, 0.25) is 0 Å². The van der Waals surface area contributed by atoms with Crippen LogP contribution in [0.5, 0.6) is 0 Å². The zero-order valence-corrected chi connectivity index (χ0v) is 21.1. The van der Waals surface area contributed by atoms with E-state index in [0.717, 1.165) is 42.4 Å². The summed E-state index contributed by atoms with van der Waals surface area (Å²) in [6.07, 6.45) is 16.9. The molecule has 3 fully saturated rings. The molecule has 0 aromatic carbocycles. The molecule has 0 saturated heterocycles. The molecular formula is C26H45O4P. The van der Waals surface area contributed by atoms with Gasteiger partial charge in [-0.1, -0.05) is 58.6 Å². The molecule has 0 heterocycles. The first-order valence-electron chi connectivity index (χ1n) is 13.0. The number of phosphoric ester groups is 1. The van der Waals surface area contributed by atoms with Crippen molar-refractivity contribution in [3.05, 3.63) is 11.6 Å². The second-order valence-corrected chi connectivity index (χ2v) is 13.4. The lowest BCUT2D eigenvalue weighted by Crippen LogP contribution is -2.50. The molecule has 5 heteroatoms. The van der Waals surface area contributed by atoms with Gasteiger partial charge in [0, 0.05) is 0 Å². The molecule has 6 unspecified atom stereocenters. The van der Waals surface area contributed by atoms with E-state index in [1.54, 1.807) is 0 Å². The van der Waals surface area contributed by atoms with E-state index in [-0.39, 0.29) is 11.5 Å². The van der Waals surface area contributed by atoms with Gasteiger partial charge in [0.05, 0.1) is 6.10 Å². The predicted molar refractivity (Wildman–Crippen MR) is 125 cm³/mol. The molecule has 4 nitrogen and oxygen atoms in total. The lowest BCUT2D eigenvalue weighted by Gasteiger charge is -2.58. The number of allylic oxidation sites excluding steroid dienone is 1. The summed E-state index contributed by atoms with van der Waals surface area (Å²) in [4.78, 5) is 18.5. The zero-order chi connectivity index (χ0) is 22.4. The van der Waals surface area contributed by atoms with Crippen LogP contribution in [-0.2, 0) is 9.09 Å². The van der Waals surface area contributed by atoms with Gasteiger partial charge in [0.2, 0.25) is 0 Å². The predicted octanol–water partition coefficient (Wildman–Crippen LogP) is 7.26. The molecule has 0 amide bonds. The molecule has 2 N–H and O–H groups in total. The van der Waals surface area contributed by atoms with Gasteiger partial charge in [-0.2, -0.15) is 0 Å². The maximum atomic E-state index is 11.3. The van der Waals surface area contributed by atoms with Crippen LogP contribution in [-0.4, -0.2) is 15.9 Å². The highest BCUT2D eigenvalue weighted by Gasteiger charge is 2.58. The Morgan fingerprint density at radius 2 is 1.87 bits per heavy atom. The average molecular weight is 453 g/mol. The molecule has 4 rings (SSSR count). The molecule has 0 bridgehead atoms. The highest BCUT2D eigenvalue weighted by molar-refractivity contribution is 7.46. The van der Waals surface area contributed by atoms with E-state index in [9.17, 15) is 14.4 Å². The van der Waals surface area contributed by atoms with Crippen LogP contribution < -0.4 is 0 Å². The Morgan fingerprint density at radius 1 is 1.10 bits per heavy atom. The van der Waals surface area contributed by atoms with Crippen molar-refractivity contribution in [2.75, 3.05) is 0 Å². The zero-order valence-electron chi connectivity index (χ0n) is 20.2. The number of unbranched alkanes of at least 4 members (excludes halogenated alkanes) is 1. The minimum Gasteiger partial charge on any atom is -0.303 e. The third kappa shape index (κ3) is 4.75. The van der Waals surface area contributed by atoms with E-state index < -0.39 is 7.82 Å². The molecule has 31 heavy (non-hydrogen) atoms. The fourth-order valence-corrected chi connectivity index (χ4v) is 9.01. The standard InChI is InChI=1S/C26H45O4P/c1-18(2)7-5-6-8-19-10-12-23-22-11-9-20-17-21(30-31(27,28)29)13-15-26(20,4)24(22)14-16-25(19,23)3/h9,18-19,21-24H,5-8,10-17H2,1-4H3,(H2,27,28,29)/t19-,21?,22?,23?,24?,25?,26?/m0/s1. The molecule has 4 aliphatic rings. The van der Waals surface area contributed by atoms with Crippen LogP contribution in [0, 0.1) is 40.4 Å². The molecular weight excluding hydrogens is 407 g/mol. The Hall–Kier alpha value is -0.150. The van der Waals surface area contributed by atoms with Crippen molar-refractivity contribution in [2.45, 2.75) is 111 Å². The molecule has 0 aromatic rings. The van der Waals surface area contributed by atoms with E-state index in [1.165, 1.54) is 63.4 Å². The van der Waals surface area contributed by atoms with Gasteiger partial charge in [-0.05, 0) is 98.2 Å². The summed E-state index contributed by atoms with van der Waals surface area (Å²) in [5, 5.41) is 0. The van der Waals surface area contributed by atoms with E-state index in [4.69, 9.17) is 4.52 Å². The lowest BCUT2D eigenvalue weighted by molar-refractivity contribution is -0.0505. The fourth-order valence-electron chi connectivity index (χ4n) is 8.44. The number of rotatable bonds is 7. The van der Waals surface area contributed by atoms with Crippen molar-refractivity contribution in [1.82, 2.24) is 0 Å². The Labute approximate surface area is 189 Å². The van der Waals surface area contributed by atoms with Crippen LogP contribution in [0.1, 0.15) is 105 Å². The van der Waals surface area contributed by atoms with Gasteiger partial charge in [-0.25, -0.2) is 4.57 Å². The highest BCUT2D eigenvalue weighted by atomic mass is 31.2. The summed E-state index contributed by atoms with van der Waals surface area (Å²) < 4.78 is 16.4.